The monoisotopic (exact) mass is 369 g/mol. The summed E-state index contributed by atoms with van der Waals surface area (Å²) in [5, 5.41) is 3.27. The predicted molar refractivity (Wildman–Crippen MR) is 95.8 cm³/mol. The number of carbonyl (C=O) groups is 3. The summed E-state index contributed by atoms with van der Waals surface area (Å²) in [5.74, 6) is -0.0812. The van der Waals surface area contributed by atoms with Crippen LogP contribution in [0.15, 0.2) is 54.6 Å². The molecule has 4 amide bonds. The summed E-state index contributed by atoms with van der Waals surface area (Å²) < 4.78 is 10.4. The highest BCUT2D eigenvalue weighted by Gasteiger charge is 2.50. The standard InChI is InChI=1S/C19H19N3O5/c1-19(13-8-10-14(26-2)11-9-13)17(24)22(18(25)20-19)21-16(23)12-27-15-6-4-3-5-7-15/h3-11H,12H2,1-2H3,(H,20,25)(H,21,23)/t19-/m0/s1. The van der Waals surface area contributed by atoms with Crippen molar-refractivity contribution in [2.24, 2.45) is 0 Å². The van der Waals surface area contributed by atoms with E-state index in [4.69, 9.17) is 9.47 Å². The number of nitrogens with zero attached hydrogens (tertiary/aromatic N) is 1. The van der Waals surface area contributed by atoms with Gasteiger partial charge < -0.3 is 14.8 Å². The highest BCUT2D eigenvalue weighted by Crippen LogP contribution is 2.29. The predicted octanol–water partition coefficient (Wildman–Crippen LogP) is 1.57. The van der Waals surface area contributed by atoms with E-state index in [0.717, 1.165) is 0 Å². The third-order valence-corrected chi connectivity index (χ3v) is 4.21. The SMILES string of the molecule is COc1ccc([C@]2(C)NC(=O)N(NC(=O)COc3ccccc3)C2=O)cc1. The van der Waals surface area contributed by atoms with Crippen molar-refractivity contribution >= 4 is 17.8 Å². The molecule has 0 unspecified atom stereocenters. The van der Waals surface area contributed by atoms with Gasteiger partial charge in [0, 0.05) is 0 Å². The van der Waals surface area contributed by atoms with E-state index >= 15 is 0 Å². The molecule has 140 valence electrons. The minimum absolute atomic E-state index is 0.333. The zero-order valence-corrected chi connectivity index (χ0v) is 14.9. The molecule has 1 aliphatic heterocycles. The second-order valence-electron chi connectivity index (χ2n) is 6.06. The first-order valence-electron chi connectivity index (χ1n) is 8.22. The number of carbonyl (C=O) groups excluding carboxylic acids is 3. The largest absolute Gasteiger partial charge is 0.497 e. The molecule has 0 aromatic heterocycles. The van der Waals surface area contributed by atoms with E-state index in [1.807, 2.05) is 6.07 Å². The van der Waals surface area contributed by atoms with Gasteiger partial charge in [0.1, 0.15) is 17.0 Å². The Bertz CT molecular complexity index is 853. The number of hydrazine groups is 1. The minimum Gasteiger partial charge on any atom is -0.497 e. The Morgan fingerprint density at radius 2 is 1.74 bits per heavy atom. The van der Waals surface area contributed by atoms with Crippen LogP contribution in [0.4, 0.5) is 4.79 Å². The number of hydrogen-bond donors (Lipinski definition) is 2. The molecule has 27 heavy (non-hydrogen) atoms. The van der Waals surface area contributed by atoms with Gasteiger partial charge in [-0.25, -0.2) is 4.79 Å². The lowest BCUT2D eigenvalue weighted by Crippen LogP contribution is -2.49. The summed E-state index contributed by atoms with van der Waals surface area (Å²) in [4.78, 5) is 37.0. The first kappa shape index (κ1) is 18.2. The molecule has 2 aromatic rings. The van der Waals surface area contributed by atoms with Crippen molar-refractivity contribution in [2.45, 2.75) is 12.5 Å². The van der Waals surface area contributed by atoms with Crippen LogP contribution < -0.4 is 20.2 Å². The average Bonchev–Trinajstić information content (AvgIpc) is 2.91. The maximum absolute atomic E-state index is 12.8. The van der Waals surface area contributed by atoms with Crippen LogP contribution in [-0.2, 0) is 15.1 Å². The molecule has 2 N–H and O–H groups in total. The Balaban J connectivity index is 1.67. The molecule has 0 bridgehead atoms. The highest BCUT2D eigenvalue weighted by atomic mass is 16.5. The van der Waals surface area contributed by atoms with E-state index in [0.29, 0.717) is 22.1 Å². The van der Waals surface area contributed by atoms with Gasteiger partial charge in [0.25, 0.3) is 11.8 Å². The number of urea groups is 1. The van der Waals surface area contributed by atoms with Crippen molar-refractivity contribution in [1.29, 1.82) is 0 Å². The zero-order chi connectivity index (χ0) is 19.4. The molecule has 3 rings (SSSR count). The number of para-hydroxylation sites is 1. The van der Waals surface area contributed by atoms with Gasteiger partial charge in [-0.05, 0) is 36.8 Å². The van der Waals surface area contributed by atoms with Gasteiger partial charge in [-0.1, -0.05) is 30.3 Å². The number of nitrogens with one attached hydrogen (secondary N) is 2. The normalized spacial score (nSPS) is 18.8. The molecule has 1 saturated heterocycles. The van der Waals surface area contributed by atoms with E-state index in [-0.39, 0.29) is 6.61 Å². The fourth-order valence-electron chi connectivity index (χ4n) is 2.68. The van der Waals surface area contributed by atoms with Crippen LogP contribution in [0.25, 0.3) is 0 Å². The quantitative estimate of drug-likeness (QED) is 0.754. The fraction of sp³-hybridized carbons (Fsp3) is 0.211. The molecule has 8 heteroatoms. The smallest absolute Gasteiger partial charge is 0.344 e. The molecule has 1 aliphatic rings. The lowest BCUT2D eigenvalue weighted by molar-refractivity contribution is -0.139. The first-order chi connectivity index (χ1) is 12.9. The van der Waals surface area contributed by atoms with Gasteiger partial charge in [-0.3, -0.25) is 15.0 Å². The molecule has 0 saturated carbocycles. The molecule has 0 radical (unpaired) electrons. The van der Waals surface area contributed by atoms with Crippen molar-refractivity contribution in [1.82, 2.24) is 15.8 Å². The molecular weight excluding hydrogens is 350 g/mol. The van der Waals surface area contributed by atoms with Crippen LogP contribution in [-0.4, -0.2) is 36.6 Å². The van der Waals surface area contributed by atoms with E-state index < -0.39 is 23.4 Å². The van der Waals surface area contributed by atoms with Gasteiger partial charge in [0.2, 0.25) is 0 Å². The topological polar surface area (TPSA) is 97.0 Å². The van der Waals surface area contributed by atoms with Gasteiger partial charge in [-0.15, -0.1) is 0 Å². The molecule has 1 atom stereocenters. The maximum Gasteiger partial charge on any atom is 0.344 e. The molecule has 0 spiro atoms. The lowest BCUT2D eigenvalue weighted by Gasteiger charge is -2.22. The molecular formula is C19H19N3O5. The van der Waals surface area contributed by atoms with Gasteiger partial charge in [0.05, 0.1) is 7.11 Å². The number of imide groups is 1. The Labute approximate surface area is 156 Å². The van der Waals surface area contributed by atoms with E-state index in [2.05, 4.69) is 10.7 Å². The van der Waals surface area contributed by atoms with Crippen LogP contribution in [0.5, 0.6) is 11.5 Å². The maximum atomic E-state index is 12.8. The van der Waals surface area contributed by atoms with Crippen LogP contribution in [0.2, 0.25) is 0 Å². The minimum atomic E-state index is -1.29. The number of rotatable bonds is 6. The summed E-state index contributed by atoms with van der Waals surface area (Å²) in [5.41, 5.74) is 1.55. The third-order valence-electron chi connectivity index (χ3n) is 4.21. The van der Waals surface area contributed by atoms with Gasteiger partial charge >= 0.3 is 6.03 Å². The summed E-state index contributed by atoms with van der Waals surface area (Å²) in [6, 6.07) is 14.8. The summed E-state index contributed by atoms with van der Waals surface area (Å²) >= 11 is 0. The highest BCUT2D eigenvalue weighted by molar-refractivity contribution is 6.08. The van der Waals surface area contributed by atoms with Crippen molar-refractivity contribution in [2.75, 3.05) is 13.7 Å². The van der Waals surface area contributed by atoms with Crippen LogP contribution in [0.3, 0.4) is 0 Å². The molecule has 2 aromatic carbocycles. The van der Waals surface area contributed by atoms with Gasteiger partial charge in [-0.2, -0.15) is 5.01 Å². The fourth-order valence-corrected chi connectivity index (χ4v) is 2.68. The number of ether oxygens (including phenoxy) is 2. The Hall–Kier alpha value is -3.55. The van der Waals surface area contributed by atoms with Crippen molar-refractivity contribution in [3.05, 3.63) is 60.2 Å². The Kier molecular flexibility index (Phi) is 4.98. The summed E-state index contributed by atoms with van der Waals surface area (Å²) in [7, 11) is 1.54. The summed E-state index contributed by atoms with van der Waals surface area (Å²) in [6.45, 7) is 1.24. The Morgan fingerprint density at radius 1 is 1.07 bits per heavy atom. The zero-order valence-electron chi connectivity index (χ0n) is 14.9. The van der Waals surface area contributed by atoms with Gasteiger partial charge in [0.15, 0.2) is 6.61 Å². The number of methoxy groups -OCH3 is 1. The number of benzene rings is 2. The molecule has 8 nitrogen and oxygen atoms in total. The van der Waals surface area contributed by atoms with Crippen LogP contribution in [0, 0.1) is 0 Å². The average molecular weight is 369 g/mol. The first-order valence-corrected chi connectivity index (χ1v) is 8.22. The van der Waals surface area contributed by atoms with Crippen LogP contribution in [0.1, 0.15) is 12.5 Å². The second-order valence-corrected chi connectivity index (χ2v) is 6.06. The van der Waals surface area contributed by atoms with Crippen molar-refractivity contribution in [3.63, 3.8) is 0 Å². The van der Waals surface area contributed by atoms with Crippen LogP contribution >= 0.6 is 0 Å². The van der Waals surface area contributed by atoms with Crippen molar-refractivity contribution in [3.8, 4) is 11.5 Å². The van der Waals surface area contributed by atoms with E-state index in [1.165, 1.54) is 7.11 Å². The molecule has 1 heterocycles. The van der Waals surface area contributed by atoms with Crippen molar-refractivity contribution < 1.29 is 23.9 Å². The number of hydrogen-bond acceptors (Lipinski definition) is 5. The lowest BCUT2D eigenvalue weighted by atomic mass is 9.92. The van der Waals surface area contributed by atoms with E-state index in [1.54, 1.807) is 55.5 Å². The van der Waals surface area contributed by atoms with E-state index in [9.17, 15) is 14.4 Å². The third kappa shape index (κ3) is 3.69. The Morgan fingerprint density at radius 3 is 2.37 bits per heavy atom. The molecule has 0 aliphatic carbocycles. The number of amides is 4. The molecule has 1 fully saturated rings. The summed E-state index contributed by atoms with van der Waals surface area (Å²) in [6.07, 6.45) is 0. The second kappa shape index (κ2) is 7.36.